The van der Waals surface area contributed by atoms with Crippen molar-refractivity contribution in [2.45, 2.75) is 83.3 Å². The third-order valence-electron chi connectivity index (χ3n) is 5.31. The van der Waals surface area contributed by atoms with E-state index in [1.165, 1.54) is 38.5 Å². The summed E-state index contributed by atoms with van der Waals surface area (Å²) in [5.41, 5.74) is 5.34. The highest BCUT2D eigenvalue weighted by atomic mass is 16.5. The van der Waals surface area contributed by atoms with E-state index in [1.54, 1.807) is 0 Å². The summed E-state index contributed by atoms with van der Waals surface area (Å²) in [6.45, 7) is 7.41. The van der Waals surface area contributed by atoms with Gasteiger partial charge in [0, 0.05) is 12.1 Å². The average Bonchev–Trinajstić information content (AvgIpc) is 2.46. The fraction of sp³-hybridized carbons (Fsp3) is 0.941. The van der Waals surface area contributed by atoms with Crippen molar-refractivity contribution in [2.24, 2.45) is 11.7 Å². The van der Waals surface area contributed by atoms with Crippen molar-refractivity contribution in [1.82, 2.24) is 4.90 Å². The molecule has 2 aliphatic rings. The maximum atomic E-state index is 12.0. The maximum Gasteiger partial charge on any atom is 0.325 e. The number of piperidine rings is 1. The summed E-state index contributed by atoms with van der Waals surface area (Å²) in [5.74, 6) is 0.593. The first-order valence-electron chi connectivity index (χ1n) is 8.67. The molecule has 2 rings (SSSR count). The molecule has 122 valence electrons. The number of nitrogens with two attached hydrogens (primary N) is 1. The summed E-state index contributed by atoms with van der Waals surface area (Å²) >= 11 is 0. The number of hydrogen-bond acceptors (Lipinski definition) is 4. The van der Waals surface area contributed by atoms with Gasteiger partial charge >= 0.3 is 5.97 Å². The van der Waals surface area contributed by atoms with Crippen LogP contribution < -0.4 is 5.73 Å². The molecule has 2 N–H and O–H groups in total. The third-order valence-corrected chi connectivity index (χ3v) is 5.31. The molecule has 4 nitrogen and oxygen atoms in total. The van der Waals surface area contributed by atoms with Crippen LogP contribution in [0.5, 0.6) is 0 Å². The highest BCUT2D eigenvalue weighted by Gasteiger charge is 2.39. The van der Waals surface area contributed by atoms with Crippen molar-refractivity contribution in [1.29, 1.82) is 0 Å². The van der Waals surface area contributed by atoms with Crippen LogP contribution in [-0.4, -0.2) is 41.6 Å². The minimum absolute atomic E-state index is 0.269. The Bertz CT molecular complexity index is 355. The highest BCUT2D eigenvalue weighted by Crippen LogP contribution is 2.37. The van der Waals surface area contributed by atoms with E-state index in [-0.39, 0.29) is 5.97 Å². The number of carbonyl (C=O) groups is 1. The van der Waals surface area contributed by atoms with Crippen molar-refractivity contribution in [2.75, 3.05) is 13.2 Å². The number of carbonyl (C=O) groups excluding carboxylic acids is 1. The van der Waals surface area contributed by atoms with Gasteiger partial charge in [0.1, 0.15) is 5.54 Å². The zero-order valence-corrected chi connectivity index (χ0v) is 13.9. The quantitative estimate of drug-likeness (QED) is 0.793. The first kappa shape index (κ1) is 16.8. The number of hydrogen-bond donors (Lipinski definition) is 1. The maximum absolute atomic E-state index is 12.0. The Kier molecular flexibility index (Phi) is 5.67. The van der Waals surface area contributed by atoms with Gasteiger partial charge in [-0.1, -0.05) is 12.8 Å². The van der Waals surface area contributed by atoms with Gasteiger partial charge in [0.2, 0.25) is 0 Å². The number of fused-ring (bicyclic) bond motifs is 1. The van der Waals surface area contributed by atoms with Crippen molar-refractivity contribution >= 4 is 5.97 Å². The monoisotopic (exact) mass is 296 g/mol. The zero-order valence-electron chi connectivity index (χ0n) is 13.9. The van der Waals surface area contributed by atoms with Gasteiger partial charge < -0.3 is 10.5 Å². The molecule has 4 atom stereocenters. The Hall–Kier alpha value is -0.610. The van der Waals surface area contributed by atoms with E-state index in [0.717, 1.165) is 12.5 Å². The van der Waals surface area contributed by atoms with Gasteiger partial charge in [-0.25, -0.2) is 0 Å². The lowest BCUT2D eigenvalue weighted by Crippen LogP contribution is -2.55. The minimum Gasteiger partial charge on any atom is -0.465 e. The van der Waals surface area contributed by atoms with Crippen LogP contribution in [0.15, 0.2) is 0 Å². The van der Waals surface area contributed by atoms with Gasteiger partial charge in [-0.05, 0) is 65.3 Å². The summed E-state index contributed by atoms with van der Waals surface area (Å²) in [5, 5.41) is 0. The molecule has 21 heavy (non-hydrogen) atoms. The predicted molar refractivity (Wildman–Crippen MR) is 85.0 cm³/mol. The molecular formula is C17H32N2O2. The second-order valence-electron chi connectivity index (χ2n) is 7.18. The lowest BCUT2D eigenvalue weighted by atomic mass is 9.77. The second-order valence-corrected chi connectivity index (χ2v) is 7.18. The van der Waals surface area contributed by atoms with Crippen LogP contribution >= 0.6 is 0 Å². The molecule has 1 saturated carbocycles. The summed E-state index contributed by atoms with van der Waals surface area (Å²) in [7, 11) is 0. The average molecular weight is 296 g/mol. The van der Waals surface area contributed by atoms with Gasteiger partial charge in [0.15, 0.2) is 0 Å². The van der Waals surface area contributed by atoms with Crippen LogP contribution in [0.1, 0.15) is 65.7 Å². The smallest absolute Gasteiger partial charge is 0.325 e. The van der Waals surface area contributed by atoms with E-state index < -0.39 is 5.54 Å². The van der Waals surface area contributed by atoms with Crippen LogP contribution in [-0.2, 0) is 9.53 Å². The molecule has 0 aromatic heterocycles. The number of ether oxygens (including phenoxy) is 1. The highest BCUT2D eigenvalue weighted by molar-refractivity contribution is 5.80. The molecule has 2 fully saturated rings. The minimum atomic E-state index is -0.878. The largest absolute Gasteiger partial charge is 0.465 e. The van der Waals surface area contributed by atoms with Gasteiger partial charge in [0.05, 0.1) is 6.61 Å². The van der Waals surface area contributed by atoms with Crippen LogP contribution in [0.25, 0.3) is 0 Å². The van der Waals surface area contributed by atoms with Gasteiger partial charge in [-0.15, -0.1) is 0 Å². The van der Waals surface area contributed by atoms with Crippen LogP contribution in [0.4, 0.5) is 0 Å². The predicted octanol–water partition coefficient (Wildman–Crippen LogP) is 2.70. The first-order chi connectivity index (χ1) is 9.95. The molecule has 0 aromatic carbocycles. The molecule has 1 aliphatic heterocycles. The molecule has 0 bridgehead atoms. The number of esters is 1. The summed E-state index contributed by atoms with van der Waals surface area (Å²) in [4.78, 5) is 14.6. The number of rotatable bonds is 5. The molecule has 2 unspecified atom stereocenters. The van der Waals surface area contributed by atoms with E-state index in [9.17, 15) is 4.79 Å². The van der Waals surface area contributed by atoms with Crippen LogP contribution in [0.2, 0.25) is 0 Å². The normalized spacial score (nSPS) is 31.0. The molecule has 0 aromatic rings. The van der Waals surface area contributed by atoms with E-state index in [0.29, 0.717) is 25.1 Å². The Labute approximate surface area is 129 Å². The second kappa shape index (κ2) is 7.10. The fourth-order valence-corrected chi connectivity index (χ4v) is 4.32. The van der Waals surface area contributed by atoms with E-state index in [2.05, 4.69) is 11.8 Å². The first-order valence-corrected chi connectivity index (χ1v) is 8.67. The molecule has 0 radical (unpaired) electrons. The van der Waals surface area contributed by atoms with Gasteiger partial charge in [0.25, 0.3) is 0 Å². The fourth-order valence-electron chi connectivity index (χ4n) is 4.32. The lowest BCUT2D eigenvalue weighted by molar-refractivity contribution is -0.150. The Balaban J connectivity index is 1.98. The van der Waals surface area contributed by atoms with Crippen LogP contribution in [0, 0.1) is 5.92 Å². The lowest BCUT2D eigenvalue weighted by Gasteiger charge is -2.48. The van der Waals surface area contributed by atoms with E-state index in [4.69, 9.17) is 10.5 Å². The van der Waals surface area contributed by atoms with Crippen molar-refractivity contribution < 1.29 is 9.53 Å². The summed E-state index contributed by atoms with van der Waals surface area (Å²) in [6, 6.07) is 1.05. The molecule has 0 spiro atoms. The third kappa shape index (κ3) is 3.98. The SMILES string of the molecule is CCOC(=O)C(C)(N)CC(C)N1CCC[C@H]2CCCC[C@H]21. The Morgan fingerprint density at radius 3 is 2.71 bits per heavy atom. The number of likely N-dealkylation sites (tertiary alicyclic amines) is 1. The van der Waals surface area contributed by atoms with Crippen molar-refractivity contribution in [3.05, 3.63) is 0 Å². The molecule has 1 aliphatic carbocycles. The molecule has 0 amide bonds. The van der Waals surface area contributed by atoms with Crippen LogP contribution in [0.3, 0.4) is 0 Å². The Morgan fingerprint density at radius 1 is 1.33 bits per heavy atom. The van der Waals surface area contributed by atoms with E-state index in [1.807, 2.05) is 13.8 Å². The molecular weight excluding hydrogens is 264 g/mol. The van der Waals surface area contributed by atoms with E-state index >= 15 is 0 Å². The number of nitrogens with zero attached hydrogens (tertiary/aromatic N) is 1. The summed E-state index contributed by atoms with van der Waals surface area (Å²) < 4.78 is 5.12. The van der Waals surface area contributed by atoms with Gasteiger partial charge in [-0.2, -0.15) is 0 Å². The van der Waals surface area contributed by atoms with Gasteiger partial charge in [-0.3, -0.25) is 9.69 Å². The molecule has 1 saturated heterocycles. The van der Waals surface area contributed by atoms with Crippen molar-refractivity contribution in [3.8, 4) is 0 Å². The standard InChI is InChI=1S/C17H32N2O2/c1-4-21-16(20)17(3,18)12-13(2)19-11-7-9-14-8-5-6-10-15(14)19/h13-15H,4-12,18H2,1-3H3/t13?,14-,15-,17?/m1/s1. The molecule has 4 heteroatoms. The molecule has 1 heterocycles. The Morgan fingerprint density at radius 2 is 2.00 bits per heavy atom. The summed E-state index contributed by atoms with van der Waals surface area (Å²) in [6.07, 6.45) is 8.78. The van der Waals surface area contributed by atoms with Crippen molar-refractivity contribution in [3.63, 3.8) is 0 Å². The topological polar surface area (TPSA) is 55.6 Å². The zero-order chi connectivity index (χ0) is 15.5.